The van der Waals surface area contributed by atoms with E-state index in [0.29, 0.717) is 0 Å². The fourth-order valence-corrected chi connectivity index (χ4v) is 1.07. The molecule has 0 aliphatic carbocycles. The fourth-order valence-electron chi connectivity index (χ4n) is 1.07. The van der Waals surface area contributed by atoms with Crippen LogP contribution in [0.1, 0.15) is 41.5 Å². The summed E-state index contributed by atoms with van der Waals surface area (Å²) >= 11 is 0. The summed E-state index contributed by atoms with van der Waals surface area (Å²) in [6.45, 7) is 12.0. The second-order valence-electron chi connectivity index (χ2n) is 4.73. The molecule has 1 aliphatic heterocycles. The zero-order valence-corrected chi connectivity index (χ0v) is 9.96. The molecule has 0 aromatic rings. The van der Waals surface area contributed by atoms with Gasteiger partial charge in [0.2, 0.25) is 0 Å². The van der Waals surface area contributed by atoms with Crippen LogP contribution in [0.25, 0.3) is 0 Å². The molecule has 14 heavy (non-hydrogen) atoms. The molecule has 0 bridgehead atoms. The third-order valence-electron chi connectivity index (χ3n) is 2.61. The monoisotopic (exact) mass is 197 g/mol. The van der Waals surface area contributed by atoms with Crippen LogP contribution in [0, 0.1) is 0 Å². The van der Waals surface area contributed by atoms with Gasteiger partial charge in [-0.05, 0) is 41.5 Å². The molecule has 0 spiro atoms. The van der Waals surface area contributed by atoms with Gasteiger partial charge in [0.25, 0.3) is 0 Å². The van der Waals surface area contributed by atoms with Crippen molar-refractivity contribution >= 4 is 15.7 Å². The van der Waals surface area contributed by atoms with Crippen LogP contribution in [0.4, 0.5) is 0 Å². The van der Waals surface area contributed by atoms with Crippen LogP contribution >= 0.6 is 0 Å². The highest BCUT2D eigenvalue weighted by molar-refractivity contribution is 6.37. The minimum atomic E-state index is -0.523. The van der Waals surface area contributed by atoms with Crippen molar-refractivity contribution in [1.29, 1.82) is 0 Å². The SMILES string of the molecule is CC(C)OB1OC(C)(C)C(C)(C)O1.[B]. The van der Waals surface area contributed by atoms with Crippen molar-refractivity contribution in [3.63, 3.8) is 0 Å². The summed E-state index contributed by atoms with van der Waals surface area (Å²) in [6, 6.07) is 0. The Labute approximate surface area is 89.2 Å². The zero-order chi connectivity index (χ0) is 10.3. The molecular weight excluding hydrogens is 178 g/mol. The van der Waals surface area contributed by atoms with Gasteiger partial charge in [0.1, 0.15) is 0 Å². The van der Waals surface area contributed by atoms with Gasteiger partial charge in [0.05, 0.1) is 11.2 Å². The molecule has 1 fully saturated rings. The lowest BCUT2D eigenvalue weighted by molar-refractivity contribution is 0.00578. The minimum Gasteiger partial charge on any atom is -0.384 e. The normalized spacial score (nSPS) is 23.8. The summed E-state index contributed by atoms with van der Waals surface area (Å²) in [6.07, 6.45) is 0.120. The third-order valence-corrected chi connectivity index (χ3v) is 2.61. The van der Waals surface area contributed by atoms with E-state index in [4.69, 9.17) is 14.0 Å². The highest BCUT2D eigenvalue weighted by atomic mass is 16.8. The van der Waals surface area contributed by atoms with Crippen molar-refractivity contribution < 1.29 is 14.0 Å². The van der Waals surface area contributed by atoms with Crippen LogP contribution in [0.5, 0.6) is 0 Å². The largest absolute Gasteiger partial charge is 0.640 e. The Balaban J connectivity index is 0.00000169. The maximum absolute atomic E-state index is 5.63. The highest BCUT2D eigenvalue weighted by Gasteiger charge is 2.53. The number of hydrogen-bond donors (Lipinski definition) is 0. The van der Waals surface area contributed by atoms with Gasteiger partial charge in [-0.15, -0.1) is 0 Å². The van der Waals surface area contributed by atoms with E-state index in [1.807, 2.05) is 41.5 Å². The first-order valence-electron chi connectivity index (χ1n) is 4.76. The van der Waals surface area contributed by atoms with Gasteiger partial charge in [-0.1, -0.05) is 0 Å². The van der Waals surface area contributed by atoms with E-state index in [0.717, 1.165) is 0 Å². The molecule has 1 heterocycles. The first kappa shape index (κ1) is 14.0. The van der Waals surface area contributed by atoms with Gasteiger partial charge in [0, 0.05) is 14.5 Å². The van der Waals surface area contributed by atoms with Crippen molar-refractivity contribution in [3.8, 4) is 0 Å². The van der Waals surface area contributed by atoms with Crippen LogP contribution in [0.3, 0.4) is 0 Å². The first-order valence-corrected chi connectivity index (χ1v) is 4.76. The number of hydrogen-bond acceptors (Lipinski definition) is 3. The summed E-state index contributed by atoms with van der Waals surface area (Å²) in [5.74, 6) is 0. The molecule has 0 unspecified atom stereocenters. The third kappa shape index (κ3) is 2.75. The lowest BCUT2D eigenvalue weighted by Crippen LogP contribution is -2.41. The Morgan fingerprint density at radius 2 is 1.36 bits per heavy atom. The van der Waals surface area contributed by atoms with E-state index < -0.39 is 7.32 Å². The van der Waals surface area contributed by atoms with Crippen molar-refractivity contribution in [2.24, 2.45) is 0 Å². The molecule has 0 amide bonds. The Morgan fingerprint density at radius 3 is 1.64 bits per heavy atom. The number of rotatable bonds is 2. The molecule has 1 aliphatic rings. The van der Waals surface area contributed by atoms with Gasteiger partial charge < -0.3 is 14.0 Å². The second kappa shape index (κ2) is 4.25. The molecule has 0 saturated carbocycles. The van der Waals surface area contributed by atoms with Gasteiger partial charge in [0.15, 0.2) is 0 Å². The lowest BCUT2D eigenvalue weighted by Gasteiger charge is -2.31. The van der Waals surface area contributed by atoms with Crippen molar-refractivity contribution in [1.82, 2.24) is 0 Å². The molecule has 1 rings (SSSR count). The average molecular weight is 197 g/mol. The van der Waals surface area contributed by atoms with Crippen molar-refractivity contribution in [2.75, 3.05) is 0 Å². The van der Waals surface area contributed by atoms with Crippen LogP contribution in [0.2, 0.25) is 0 Å². The Kier molecular flexibility index (Phi) is 4.25. The standard InChI is InChI=1S/C9H19BO3.B/c1-7(2)11-10-12-8(3,4)9(5,6)13-10;/h7H,1-6H3;. The summed E-state index contributed by atoms with van der Waals surface area (Å²) in [4.78, 5) is 0. The topological polar surface area (TPSA) is 27.7 Å². The highest BCUT2D eigenvalue weighted by Crippen LogP contribution is 2.36. The van der Waals surface area contributed by atoms with Crippen molar-refractivity contribution in [2.45, 2.75) is 58.8 Å². The maximum atomic E-state index is 5.63. The van der Waals surface area contributed by atoms with Gasteiger partial charge in [-0.3, -0.25) is 0 Å². The molecule has 0 N–H and O–H groups in total. The lowest BCUT2D eigenvalue weighted by atomic mass is 9.90. The van der Waals surface area contributed by atoms with Crippen molar-refractivity contribution in [3.05, 3.63) is 0 Å². The van der Waals surface area contributed by atoms with Gasteiger partial charge in [-0.2, -0.15) is 0 Å². The molecule has 79 valence electrons. The summed E-state index contributed by atoms with van der Waals surface area (Å²) in [5, 5.41) is 0. The second-order valence-corrected chi connectivity index (χ2v) is 4.73. The Morgan fingerprint density at radius 1 is 1.00 bits per heavy atom. The molecule has 1 saturated heterocycles. The molecular formula is C9H19B2O3. The van der Waals surface area contributed by atoms with Crippen LogP contribution in [0.15, 0.2) is 0 Å². The predicted octanol–water partition coefficient (Wildman–Crippen LogP) is 1.62. The Bertz CT molecular complexity index is 176. The quantitative estimate of drug-likeness (QED) is 0.629. The smallest absolute Gasteiger partial charge is 0.384 e. The van der Waals surface area contributed by atoms with E-state index in [1.54, 1.807) is 0 Å². The average Bonchev–Trinajstić information content (AvgIpc) is 1.98. The van der Waals surface area contributed by atoms with E-state index in [1.165, 1.54) is 0 Å². The maximum Gasteiger partial charge on any atom is 0.640 e. The van der Waals surface area contributed by atoms with Crippen LogP contribution < -0.4 is 0 Å². The minimum absolute atomic E-state index is 0. The summed E-state index contributed by atoms with van der Waals surface area (Å²) in [7, 11) is -0.523. The van der Waals surface area contributed by atoms with Crippen LogP contribution in [-0.2, 0) is 14.0 Å². The van der Waals surface area contributed by atoms with Gasteiger partial charge in [-0.25, -0.2) is 0 Å². The Hall–Kier alpha value is 0.00987. The summed E-state index contributed by atoms with van der Waals surface area (Å²) in [5.41, 5.74) is -0.598. The molecule has 0 aromatic carbocycles. The van der Waals surface area contributed by atoms with E-state index >= 15 is 0 Å². The summed E-state index contributed by atoms with van der Waals surface area (Å²) < 4.78 is 16.7. The molecule has 0 aromatic heterocycles. The van der Waals surface area contributed by atoms with Gasteiger partial charge >= 0.3 is 7.32 Å². The fraction of sp³-hybridized carbons (Fsp3) is 1.00. The van der Waals surface area contributed by atoms with E-state index in [2.05, 4.69) is 0 Å². The van der Waals surface area contributed by atoms with Crippen LogP contribution in [-0.4, -0.2) is 33.0 Å². The van der Waals surface area contributed by atoms with E-state index in [9.17, 15) is 0 Å². The predicted molar refractivity (Wildman–Crippen MR) is 58.1 cm³/mol. The zero-order valence-electron chi connectivity index (χ0n) is 9.96. The first-order chi connectivity index (χ1) is 5.74. The molecule has 3 nitrogen and oxygen atoms in total. The molecule has 3 radical (unpaired) electrons. The van der Waals surface area contributed by atoms with E-state index in [-0.39, 0.29) is 25.7 Å². The molecule has 0 atom stereocenters. The molecule has 5 heteroatoms.